The summed E-state index contributed by atoms with van der Waals surface area (Å²) in [6.45, 7) is 2.01. The SMILES string of the molecule is COc1ccc(CCNC(=O)c2ccc(Nc3cccc(C(C)=O)c3)nn2)cc1. The number of rotatable bonds is 8. The molecule has 1 aromatic heterocycles. The standard InChI is InChI=1S/C22H22N4O3/c1-15(27)17-4-3-5-18(14-17)24-21-11-10-20(25-26-21)22(28)23-13-12-16-6-8-19(29-2)9-7-16/h3-11,14H,12-13H2,1-2H3,(H,23,28)(H,24,26). The Kier molecular flexibility index (Phi) is 6.52. The number of Topliss-reactive ketones (excluding diaryl/α,β-unsaturated/α-hetero) is 1. The van der Waals surface area contributed by atoms with Gasteiger partial charge < -0.3 is 15.4 Å². The predicted molar refractivity (Wildman–Crippen MR) is 111 cm³/mol. The van der Waals surface area contributed by atoms with Crippen LogP contribution in [0.5, 0.6) is 5.75 Å². The predicted octanol–water partition coefficient (Wildman–Crippen LogP) is 3.40. The number of benzene rings is 2. The second kappa shape index (κ2) is 9.45. The molecule has 7 heteroatoms. The lowest BCUT2D eigenvalue weighted by Crippen LogP contribution is -2.26. The molecule has 0 aliphatic heterocycles. The number of anilines is 2. The van der Waals surface area contributed by atoms with Crippen LogP contribution in [0, 0.1) is 0 Å². The van der Waals surface area contributed by atoms with Crippen LogP contribution in [-0.4, -0.2) is 35.5 Å². The van der Waals surface area contributed by atoms with Gasteiger partial charge in [0.05, 0.1) is 7.11 Å². The van der Waals surface area contributed by atoms with E-state index < -0.39 is 0 Å². The first-order chi connectivity index (χ1) is 14.0. The van der Waals surface area contributed by atoms with E-state index in [-0.39, 0.29) is 17.4 Å². The third kappa shape index (κ3) is 5.62. The van der Waals surface area contributed by atoms with Gasteiger partial charge in [-0.1, -0.05) is 24.3 Å². The molecule has 0 aliphatic rings. The molecule has 148 valence electrons. The molecule has 0 saturated heterocycles. The lowest BCUT2D eigenvalue weighted by atomic mass is 10.1. The highest BCUT2D eigenvalue weighted by atomic mass is 16.5. The maximum Gasteiger partial charge on any atom is 0.271 e. The van der Waals surface area contributed by atoms with Crippen LogP contribution in [0.2, 0.25) is 0 Å². The molecule has 0 unspecified atom stereocenters. The second-order valence-corrected chi connectivity index (χ2v) is 6.42. The molecule has 0 aliphatic carbocycles. The van der Waals surface area contributed by atoms with Crippen molar-refractivity contribution in [1.29, 1.82) is 0 Å². The van der Waals surface area contributed by atoms with Crippen molar-refractivity contribution in [1.82, 2.24) is 15.5 Å². The molecule has 2 N–H and O–H groups in total. The summed E-state index contributed by atoms with van der Waals surface area (Å²) in [6, 6.07) is 18.1. The molecule has 0 radical (unpaired) electrons. The lowest BCUT2D eigenvalue weighted by Gasteiger charge is -2.08. The number of ketones is 1. The van der Waals surface area contributed by atoms with E-state index in [0.717, 1.165) is 17.0 Å². The average Bonchev–Trinajstić information content (AvgIpc) is 2.75. The molecule has 0 atom stereocenters. The van der Waals surface area contributed by atoms with Crippen molar-refractivity contribution in [3.05, 3.63) is 77.5 Å². The van der Waals surface area contributed by atoms with Gasteiger partial charge in [-0.3, -0.25) is 9.59 Å². The lowest BCUT2D eigenvalue weighted by molar-refractivity contribution is 0.0947. The van der Waals surface area contributed by atoms with Crippen molar-refractivity contribution in [2.24, 2.45) is 0 Å². The van der Waals surface area contributed by atoms with Gasteiger partial charge in [-0.15, -0.1) is 10.2 Å². The summed E-state index contributed by atoms with van der Waals surface area (Å²) in [5.41, 5.74) is 2.67. The van der Waals surface area contributed by atoms with Crippen LogP contribution < -0.4 is 15.4 Å². The number of hydrogen-bond acceptors (Lipinski definition) is 6. The molecule has 0 spiro atoms. The summed E-state index contributed by atoms with van der Waals surface area (Å²) in [5.74, 6) is 0.993. The number of ether oxygens (including phenoxy) is 1. The van der Waals surface area contributed by atoms with Gasteiger partial charge in [-0.25, -0.2) is 0 Å². The summed E-state index contributed by atoms with van der Waals surface area (Å²) in [5, 5.41) is 13.9. The van der Waals surface area contributed by atoms with E-state index in [1.807, 2.05) is 30.3 Å². The Morgan fingerprint density at radius 3 is 2.45 bits per heavy atom. The van der Waals surface area contributed by atoms with Crippen molar-refractivity contribution < 1.29 is 14.3 Å². The third-order valence-corrected chi connectivity index (χ3v) is 4.30. The Hall–Kier alpha value is -3.74. The zero-order valence-electron chi connectivity index (χ0n) is 16.3. The van der Waals surface area contributed by atoms with Gasteiger partial charge in [0.1, 0.15) is 5.75 Å². The number of aromatic nitrogens is 2. The number of carbonyl (C=O) groups is 2. The van der Waals surface area contributed by atoms with Crippen molar-refractivity contribution in [3.8, 4) is 5.75 Å². The van der Waals surface area contributed by atoms with E-state index in [1.54, 1.807) is 37.4 Å². The molecule has 1 heterocycles. The highest BCUT2D eigenvalue weighted by Gasteiger charge is 2.08. The first-order valence-corrected chi connectivity index (χ1v) is 9.18. The van der Waals surface area contributed by atoms with E-state index in [9.17, 15) is 9.59 Å². The summed E-state index contributed by atoms with van der Waals surface area (Å²) in [6.07, 6.45) is 0.704. The molecule has 7 nitrogen and oxygen atoms in total. The normalized spacial score (nSPS) is 10.3. The van der Waals surface area contributed by atoms with E-state index in [1.165, 1.54) is 6.92 Å². The first kappa shape index (κ1) is 20.0. The van der Waals surface area contributed by atoms with Crippen molar-refractivity contribution in [3.63, 3.8) is 0 Å². The topological polar surface area (TPSA) is 93.2 Å². The van der Waals surface area contributed by atoms with Crippen LogP contribution >= 0.6 is 0 Å². The Morgan fingerprint density at radius 1 is 1.00 bits per heavy atom. The third-order valence-electron chi connectivity index (χ3n) is 4.30. The summed E-state index contributed by atoms with van der Waals surface area (Å²) < 4.78 is 5.13. The van der Waals surface area contributed by atoms with Crippen LogP contribution in [0.4, 0.5) is 11.5 Å². The summed E-state index contributed by atoms with van der Waals surface area (Å²) in [4.78, 5) is 23.7. The number of nitrogens with zero attached hydrogens (tertiary/aromatic N) is 2. The number of amides is 1. The van der Waals surface area contributed by atoms with Gasteiger partial charge in [-0.2, -0.15) is 0 Å². The number of hydrogen-bond donors (Lipinski definition) is 2. The monoisotopic (exact) mass is 390 g/mol. The van der Waals surface area contributed by atoms with E-state index in [2.05, 4.69) is 20.8 Å². The molecular formula is C22H22N4O3. The number of nitrogens with one attached hydrogen (secondary N) is 2. The first-order valence-electron chi connectivity index (χ1n) is 9.18. The Bertz CT molecular complexity index is 986. The Balaban J connectivity index is 1.53. The minimum absolute atomic E-state index is 0.0126. The smallest absolute Gasteiger partial charge is 0.271 e. The molecule has 0 saturated carbocycles. The number of methoxy groups -OCH3 is 1. The summed E-state index contributed by atoms with van der Waals surface area (Å²) >= 11 is 0. The summed E-state index contributed by atoms with van der Waals surface area (Å²) in [7, 11) is 1.63. The van der Waals surface area contributed by atoms with Crippen LogP contribution in [-0.2, 0) is 6.42 Å². The Morgan fingerprint density at radius 2 is 1.79 bits per heavy atom. The van der Waals surface area contributed by atoms with E-state index in [0.29, 0.717) is 24.3 Å². The largest absolute Gasteiger partial charge is 0.497 e. The highest BCUT2D eigenvalue weighted by Crippen LogP contribution is 2.16. The van der Waals surface area contributed by atoms with Crippen molar-refractivity contribution in [2.45, 2.75) is 13.3 Å². The fourth-order valence-corrected chi connectivity index (χ4v) is 2.69. The fourth-order valence-electron chi connectivity index (χ4n) is 2.69. The molecule has 0 bridgehead atoms. The zero-order chi connectivity index (χ0) is 20.6. The molecule has 3 rings (SSSR count). The van der Waals surface area contributed by atoms with Crippen LogP contribution in [0.3, 0.4) is 0 Å². The highest BCUT2D eigenvalue weighted by molar-refractivity contribution is 5.95. The molecular weight excluding hydrogens is 368 g/mol. The maximum atomic E-state index is 12.2. The van der Waals surface area contributed by atoms with Crippen molar-refractivity contribution in [2.75, 3.05) is 19.0 Å². The molecule has 1 amide bonds. The van der Waals surface area contributed by atoms with Gasteiger partial charge in [-0.05, 0) is 55.3 Å². The van der Waals surface area contributed by atoms with E-state index >= 15 is 0 Å². The minimum atomic E-state index is -0.281. The van der Waals surface area contributed by atoms with Gasteiger partial charge >= 0.3 is 0 Å². The van der Waals surface area contributed by atoms with Gasteiger partial charge in [0.25, 0.3) is 5.91 Å². The molecule has 3 aromatic rings. The molecule has 2 aromatic carbocycles. The van der Waals surface area contributed by atoms with Crippen LogP contribution in [0.15, 0.2) is 60.7 Å². The zero-order valence-corrected chi connectivity index (χ0v) is 16.3. The molecule has 29 heavy (non-hydrogen) atoms. The van der Waals surface area contributed by atoms with Gasteiger partial charge in [0, 0.05) is 17.8 Å². The second-order valence-electron chi connectivity index (χ2n) is 6.42. The molecule has 0 fully saturated rings. The fraction of sp³-hybridized carbons (Fsp3) is 0.182. The van der Waals surface area contributed by atoms with Gasteiger partial charge in [0.15, 0.2) is 17.3 Å². The van der Waals surface area contributed by atoms with Crippen molar-refractivity contribution >= 4 is 23.2 Å². The number of carbonyl (C=O) groups excluding carboxylic acids is 2. The average molecular weight is 390 g/mol. The van der Waals surface area contributed by atoms with Gasteiger partial charge in [0.2, 0.25) is 0 Å². The van der Waals surface area contributed by atoms with Crippen LogP contribution in [0.1, 0.15) is 33.3 Å². The van der Waals surface area contributed by atoms with Crippen LogP contribution in [0.25, 0.3) is 0 Å². The van der Waals surface area contributed by atoms with E-state index in [4.69, 9.17) is 4.74 Å². The Labute approximate surface area is 169 Å². The maximum absolute atomic E-state index is 12.2. The quantitative estimate of drug-likeness (QED) is 0.573. The minimum Gasteiger partial charge on any atom is -0.497 e.